The Morgan fingerprint density at radius 3 is 2.62 bits per heavy atom. The third-order valence-electron chi connectivity index (χ3n) is 5.36. The van der Waals surface area contributed by atoms with Crippen LogP contribution in [0, 0.1) is 5.82 Å². The molecule has 150 valence electrons. The fraction of sp³-hybridized carbons (Fsp3) is 0.304. The van der Waals surface area contributed by atoms with E-state index in [-0.39, 0.29) is 11.7 Å². The summed E-state index contributed by atoms with van der Waals surface area (Å²) < 4.78 is 19.3. The average Bonchev–Trinajstić information content (AvgIpc) is 3.41. The van der Waals surface area contributed by atoms with Crippen LogP contribution in [0.5, 0.6) is 0 Å². The van der Waals surface area contributed by atoms with Gasteiger partial charge in [0.1, 0.15) is 5.82 Å². The molecule has 1 aliphatic rings. The van der Waals surface area contributed by atoms with Crippen LogP contribution in [0.1, 0.15) is 36.9 Å². The fourth-order valence-corrected chi connectivity index (χ4v) is 3.67. The molecule has 6 heteroatoms. The normalized spacial score (nSPS) is 15.7. The maximum atomic E-state index is 14.0. The number of nitrogens with zero attached hydrogens (tertiary/aromatic N) is 3. The lowest BCUT2D eigenvalue weighted by Crippen LogP contribution is -2.34. The number of hydrogen-bond acceptors (Lipinski definition) is 3. The number of aromatic nitrogens is 1. The molecule has 0 amide bonds. The molecule has 1 aliphatic heterocycles. The second kappa shape index (κ2) is 8.47. The van der Waals surface area contributed by atoms with Crippen molar-refractivity contribution in [1.29, 1.82) is 0 Å². The Morgan fingerprint density at radius 1 is 1.17 bits per heavy atom. The van der Waals surface area contributed by atoms with E-state index in [1.807, 2.05) is 36.4 Å². The molecule has 0 bridgehead atoms. The fourth-order valence-electron chi connectivity index (χ4n) is 3.67. The molecular weight excluding hydrogens is 367 g/mol. The molecule has 0 saturated carbocycles. The van der Waals surface area contributed by atoms with Crippen LogP contribution in [0.4, 0.5) is 10.3 Å². The molecule has 1 fully saturated rings. The van der Waals surface area contributed by atoms with Crippen molar-refractivity contribution in [2.45, 2.75) is 32.1 Å². The van der Waals surface area contributed by atoms with E-state index >= 15 is 0 Å². The van der Waals surface area contributed by atoms with Crippen molar-refractivity contribution in [1.82, 2.24) is 10.1 Å². The molecule has 2 N–H and O–H groups in total. The van der Waals surface area contributed by atoms with Crippen molar-refractivity contribution < 1.29 is 8.91 Å². The van der Waals surface area contributed by atoms with Crippen LogP contribution >= 0.6 is 0 Å². The van der Waals surface area contributed by atoms with Gasteiger partial charge < -0.3 is 15.2 Å². The lowest BCUT2D eigenvalue weighted by atomic mass is 9.96. The third-order valence-corrected chi connectivity index (χ3v) is 5.36. The summed E-state index contributed by atoms with van der Waals surface area (Å²) in [6, 6.07) is 16.6. The van der Waals surface area contributed by atoms with Gasteiger partial charge in [-0.2, -0.15) is 4.99 Å². The van der Waals surface area contributed by atoms with Gasteiger partial charge in [0, 0.05) is 30.6 Å². The SMILES string of the molecule is CC(Cc1ccc(-c2ccccc2F)cc1)c1cc(N=C(N)N2CCCC2)on1. The van der Waals surface area contributed by atoms with Crippen LogP contribution in [0.15, 0.2) is 64.1 Å². The van der Waals surface area contributed by atoms with E-state index < -0.39 is 0 Å². The first-order valence-corrected chi connectivity index (χ1v) is 10.00. The van der Waals surface area contributed by atoms with E-state index in [0.717, 1.165) is 49.2 Å². The van der Waals surface area contributed by atoms with E-state index in [2.05, 4.69) is 22.0 Å². The van der Waals surface area contributed by atoms with Crippen LogP contribution in [-0.4, -0.2) is 29.1 Å². The number of benzene rings is 2. The Bertz CT molecular complexity index is 990. The topological polar surface area (TPSA) is 67.7 Å². The first kappa shape index (κ1) is 19.2. The lowest BCUT2D eigenvalue weighted by molar-refractivity contribution is 0.414. The minimum atomic E-state index is -0.211. The number of guanidine groups is 1. The van der Waals surface area contributed by atoms with E-state index in [1.54, 1.807) is 12.1 Å². The summed E-state index contributed by atoms with van der Waals surface area (Å²) in [5.74, 6) is 0.875. The van der Waals surface area contributed by atoms with Crippen LogP contribution in [0.25, 0.3) is 11.1 Å². The molecule has 29 heavy (non-hydrogen) atoms. The summed E-state index contributed by atoms with van der Waals surface area (Å²) in [7, 11) is 0. The van der Waals surface area contributed by atoms with E-state index in [1.165, 1.54) is 6.07 Å². The smallest absolute Gasteiger partial charge is 0.253 e. The minimum absolute atomic E-state index is 0.162. The van der Waals surface area contributed by atoms with Crippen molar-refractivity contribution in [3.05, 3.63) is 71.7 Å². The van der Waals surface area contributed by atoms with Crippen LogP contribution in [0.3, 0.4) is 0 Å². The number of likely N-dealkylation sites (tertiary alicyclic amines) is 1. The first-order chi connectivity index (χ1) is 14.1. The quantitative estimate of drug-likeness (QED) is 0.497. The first-order valence-electron chi connectivity index (χ1n) is 10.00. The standard InChI is InChI=1S/C23H25FN4O/c1-16(21-15-22(29-27-21)26-23(25)28-12-4-5-13-28)14-17-8-10-18(11-9-17)19-6-2-3-7-20(19)24/h2-3,6-11,15-16H,4-5,12-14H2,1H3,(H2,25,26). The summed E-state index contributed by atoms with van der Waals surface area (Å²) in [5.41, 5.74) is 9.54. The summed E-state index contributed by atoms with van der Waals surface area (Å²) in [6.45, 7) is 3.98. The summed E-state index contributed by atoms with van der Waals surface area (Å²) >= 11 is 0. The molecule has 2 heterocycles. The van der Waals surface area contributed by atoms with Gasteiger partial charge in [0.25, 0.3) is 5.88 Å². The predicted molar refractivity (Wildman–Crippen MR) is 113 cm³/mol. The van der Waals surface area contributed by atoms with Crippen molar-refractivity contribution in [2.24, 2.45) is 10.7 Å². The number of nitrogens with two attached hydrogens (primary N) is 1. The summed E-state index contributed by atoms with van der Waals surface area (Å²) in [4.78, 5) is 6.42. The number of rotatable bonds is 5. The summed E-state index contributed by atoms with van der Waals surface area (Å²) in [5, 5.41) is 4.16. The highest BCUT2D eigenvalue weighted by Crippen LogP contribution is 2.27. The van der Waals surface area contributed by atoms with Gasteiger partial charge in [-0.15, -0.1) is 0 Å². The molecule has 0 aliphatic carbocycles. The summed E-state index contributed by atoms with van der Waals surface area (Å²) in [6.07, 6.45) is 3.09. The second-order valence-corrected chi connectivity index (χ2v) is 7.54. The molecule has 1 atom stereocenters. The second-order valence-electron chi connectivity index (χ2n) is 7.54. The molecular formula is C23H25FN4O. The molecule has 4 rings (SSSR count). The monoisotopic (exact) mass is 392 g/mol. The Labute approximate surface area is 170 Å². The van der Waals surface area contributed by atoms with Gasteiger partial charge in [-0.3, -0.25) is 0 Å². The highest BCUT2D eigenvalue weighted by Gasteiger charge is 2.16. The highest BCUT2D eigenvalue weighted by molar-refractivity contribution is 5.80. The average molecular weight is 392 g/mol. The van der Waals surface area contributed by atoms with Crippen LogP contribution < -0.4 is 5.73 Å². The molecule has 3 aromatic rings. The van der Waals surface area contributed by atoms with Crippen molar-refractivity contribution >= 4 is 11.8 Å². The zero-order valence-electron chi connectivity index (χ0n) is 16.5. The number of halogens is 1. The lowest BCUT2D eigenvalue weighted by Gasteiger charge is -2.14. The number of aliphatic imine (C=N–C) groups is 1. The Hall–Kier alpha value is -3.15. The van der Waals surface area contributed by atoms with Crippen molar-refractivity contribution in [2.75, 3.05) is 13.1 Å². The van der Waals surface area contributed by atoms with E-state index in [9.17, 15) is 4.39 Å². The predicted octanol–water partition coefficient (Wildman–Crippen LogP) is 4.87. The molecule has 1 aromatic heterocycles. The molecule has 2 aromatic carbocycles. The zero-order chi connectivity index (χ0) is 20.2. The zero-order valence-corrected chi connectivity index (χ0v) is 16.5. The molecule has 1 saturated heterocycles. The van der Waals surface area contributed by atoms with Gasteiger partial charge in [-0.1, -0.05) is 54.5 Å². The van der Waals surface area contributed by atoms with Gasteiger partial charge in [0.05, 0.1) is 5.69 Å². The van der Waals surface area contributed by atoms with Gasteiger partial charge in [-0.05, 0) is 36.5 Å². The van der Waals surface area contributed by atoms with Gasteiger partial charge in [0.15, 0.2) is 5.96 Å². The van der Waals surface area contributed by atoms with E-state index in [4.69, 9.17) is 10.3 Å². The van der Waals surface area contributed by atoms with Crippen molar-refractivity contribution in [3.8, 4) is 11.1 Å². The maximum Gasteiger partial charge on any atom is 0.253 e. The molecule has 5 nitrogen and oxygen atoms in total. The van der Waals surface area contributed by atoms with Gasteiger partial charge >= 0.3 is 0 Å². The highest BCUT2D eigenvalue weighted by atomic mass is 19.1. The van der Waals surface area contributed by atoms with E-state index in [0.29, 0.717) is 17.4 Å². The Morgan fingerprint density at radius 2 is 1.90 bits per heavy atom. The molecule has 0 spiro atoms. The minimum Gasteiger partial charge on any atom is -0.369 e. The van der Waals surface area contributed by atoms with Crippen molar-refractivity contribution in [3.63, 3.8) is 0 Å². The van der Waals surface area contributed by atoms with Gasteiger partial charge in [0.2, 0.25) is 0 Å². The molecule has 0 radical (unpaired) electrons. The van der Waals surface area contributed by atoms with Crippen LogP contribution in [0.2, 0.25) is 0 Å². The number of hydrogen-bond donors (Lipinski definition) is 1. The Kier molecular flexibility index (Phi) is 5.60. The third kappa shape index (κ3) is 4.47. The maximum absolute atomic E-state index is 14.0. The largest absolute Gasteiger partial charge is 0.369 e. The Balaban J connectivity index is 1.42. The van der Waals surface area contributed by atoms with Gasteiger partial charge in [-0.25, -0.2) is 4.39 Å². The van der Waals surface area contributed by atoms with Crippen LogP contribution in [-0.2, 0) is 6.42 Å². The molecule has 1 unspecified atom stereocenters.